The second-order valence-electron chi connectivity index (χ2n) is 4.41. The fraction of sp³-hybridized carbons (Fsp3) is 0.357. The van der Waals surface area contributed by atoms with Crippen LogP contribution in [0.5, 0.6) is 5.75 Å². The first-order valence-corrected chi connectivity index (χ1v) is 6.65. The van der Waals surface area contributed by atoms with Gasteiger partial charge in [-0.05, 0) is 42.3 Å². The van der Waals surface area contributed by atoms with Crippen LogP contribution in [0.15, 0.2) is 30.6 Å². The lowest BCUT2D eigenvalue weighted by Crippen LogP contribution is -2.07. The van der Waals surface area contributed by atoms with Crippen molar-refractivity contribution in [2.45, 2.75) is 12.8 Å². The van der Waals surface area contributed by atoms with Crippen LogP contribution in [0.4, 0.5) is 0 Å². The van der Waals surface area contributed by atoms with Crippen molar-refractivity contribution in [1.29, 1.82) is 0 Å². The number of hydrogen-bond donors (Lipinski definition) is 1. The summed E-state index contributed by atoms with van der Waals surface area (Å²) >= 11 is 5.98. The predicted molar refractivity (Wildman–Crippen MR) is 76.6 cm³/mol. The first-order chi connectivity index (χ1) is 9.19. The van der Waals surface area contributed by atoms with Crippen molar-refractivity contribution in [1.82, 2.24) is 9.78 Å². The SMILES string of the molecule is Cn1cc(CCOc2ccc(Cl)cc2CCN)cn1. The molecule has 0 fully saturated rings. The molecule has 2 rings (SSSR count). The Morgan fingerprint density at radius 2 is 2.21 bits per heavy atom. The van der Waals surface area contributed by atoms with Crippen LogP contribution in [0.1, 0.15) is 11.1 Å². The molecule has 5 heteroatoms. The molecule has 2 N–H and O–H groups in total. The normalized spacial score (nSPS) is 10.7. The second kappa shape index (κ2) is 6.59. The number of aromatic nitrogens is 2. The Hall–Kier alpha value is -1.52. The summed E-state index contributed by atoms with van der Waals surface area (Å²) in [7, 11) is 1.91. The number of hydrogen-bond acceptors (Lipinski definition) is 3. The molecule has 0 saturated carbocycles. The predicted octanol–water partition coefficient (Wildman–Crippen LogP) is 2.20. The van der Waals surface area contributed by atoms with Gasteiger partial charge in [-0.2, -0.15) is 5.10 Å². The molecule has 19 heavy (non-hydrogen) atoms. The Balaban J connectivity index is 1.95. The van der Waals surface area contributed by atoms with E-state index in [1.54, 1.807) is 4.68 Å². The highest BCUT2D eigenvalue weighted by atomic mass is 35.5. The van der Waals surface area contributed by atoms with Crippen molar-refractivity contribution in [2.24, 2.45) is 12.8 Å². The molecule has 0 aliphatic heterocycles. The van der Waals surface area contributed by atoms with Crippen LogP contribution in [0.3, 0.4) is 0 Å². The third-order valence-corrected chi connectivity index (χ3v) is 3.08. The molecule has 0 radical (unpaired) electrons. The molecule has 102 valence electrons. The zero-order valence-corrected chi connectivity index (χ0v) is 11.7. The fourth-order valence-electron chi connectivity index (χ4n) is 1.92. The molecule has 0 saturated heterocycles. The van der Waals surface area contributed by atoms with E-state index in [1.165, 1.54) is 0 Å². The van der Waals surface area contributed by atoms with Crippen LogP contribution >= 0.6 is 11.6 Å². The van der Waals surface area contributed by atoms with Gasteiger partial charge in [-0.25, -0.2) is 0 Å². The van der Waals surface area contributed by atoms with Gasteiger partial charge < -0.3 is 10.5 Å². The van der Waals surface area contributed by atoms with Gasteiger partial charge in [-0.3, -0.25) is 4.68 Å². The van der Waals surface area contributed by atoms with Crippen molar-refractivity contribution in [2.75, 3.05) is 13.2 Å². The molecule has 0 atom stereocenters. The van der Waals surface area contributed by atoms with Crippen molar-refractivity contribution < 1.29 is 4.74 Å². The average molecular weight is 280 g/mol. The first kappa shape index (κ1) is 13.9. The summed E-state index contributed by atoms with van der Waals surface area (Å²) in [4.78, 5) is 0. The van der Waals surface area contributed by atoms with Crippen molar-refractivity contribution >= 4 is 11.6 Å². The Labute approximate surface area is 118 Å². The molecule has 0 aliphatic carbocycles. The first-order valence-electron chi connectivity index (χ1n) is 6.28. The third kappa shape index (κ3) is 3.98. The number of nitrogens with zero attached hydrogens (tertiary/aromatic N) is 2. The number of nitrogens with two attached hydrogens (primary N) is 1. The minimum absolute atomic E-state index is 0.583. The van der Waals surface area contributed by atoms with E-state index in [0.29, 0.717) is 18.2 Å². The largest absolute Gasteiger partial charge is 0.493 e. The van der Waals surface area contributed by atoms with E-state index in [9.17, 15) is 0 Å². The van der Waals surface area contributed by atoms with Crippen LogP contribution in [0.25, 0.3) is 0 Å². The lowest BCUT2D eigenvalue weighted by Gasteiger charge is -2.11. The highest BCUT2D eigenvalue weighted by Crippen LogP contribution is 2.23. The summed E-state index contributed by atoms with van der Waals surface area (Å²) in [5.74, 6) is 0.860. The topological polar surface area (TPSA) is 53.1 Å². The smallest absolute Gasteiger partial charge is 0.122 e. The molecule has 0 spiro atoms. The highest BCUT2D eigenvalue weighted by Gasteiger charge is 2.05. The summed E-state index contributed by atoms with van der Waals surface area (Å²) in [5.41, 5.74) is 7.81. The lowest BCUT2D eigenvalue weighted by atomic mass is 10.1. The fourth-order valence-corrected chi connectivity index (χ4v) is 2.11. The Morgan fingerprint density at radius 3 is 2.89 bits per heavy atom. The van der Waals surface area contributed by atoms with Crippen LogP contribution in [0, 0.1) is 0 Å². The lowest BCUT2D eigenvalue weighted by molar-refractivity contribution is 0.318. The van der Waals surface area contributed by atoms with Crippen LogP contribution < -0.4 is 10.5 Å². The number of rotatable bonds is 6. The van der Waals surface area contributed by atoms with E-state index in [2.05, 4.69) is 5.10 Å². The molecule has 1 aromatic carbocycles. The maximum atomic E-state index is 5.98. The number of ether oxygens (including phenoxy) is 1. The standard InChI is InChI=1S/C14H18ClN3O/c1-18-10-11(9-17-18)5-7-19-14-3-2-13(15)8-12(14)4-6-16/h2-3,8-10H,4-7,16H2,1H3. The molecule has 1 aromatic heterocycles. The van der Waals surface area contributed by atoms with Gasteiger partial charge in [-0.15, -0.1) is 0 Å². The highest BCUT2D eigenvalue weighted by molar-refractivity contribution is 6.30. The van der Waals surface area contributed by atoms with Gasteiger partial charge in [0.15, 0.2) is 0 Å². The molecular weight excluding hydrogens is 262 g/mol. The molecule has 4 nitrogen and oxygen atoms in total. The molecular formula is C14H18ClN3O. The average Bonchev–Trinajstić information content (AvgIpc) is 2.78. The van der Waals surface area contributed by atoms with Crippen LogP contribution in [-0.4, -0.2) is 22.9 Å². The van der Waals surface area contributed by atoms with Gasteiger partial charge in [0.25, 0.3) is 0 Å². The Kier molecular flexibility index (Phi) is 4.82. The zero-order chi connectivity index (χ0) is 13.7. The number of halogens is 1. The maximum absolute atomic E-state index is 5.98. The zero-order valence-electron chi connectivity index (χ0n) is 11.0. The molecule has 0 amide bonds. The molecule has 2 aromatic rings. The van der Waals surface area contributed by atoms with Crippen molar-refractivity contribution in [3.63, 3.8) is 0 Å². The summed E-state index contributed by atoms with van der Waals surface area (Å²) < 4.78 is 7.60. The summed E-state index contributed by atoms with van der Waals surface area (Å²) in [6.45, 7) is 1.20. The summed E-state index contributed by atoms with van der Waals surface area (Å²) in [6, 6.07) is 5.64. The second-order valence-corrected chi connectivity index (χ2v) is 4.85. The van der Waals surface area contributed by atoms with Crippen molar-refractivity contribution in [3.8, 4) is 5.75 Å². The van der Waals surface area contributed by atoms with Crippen molar-refractivity contribution in [3.05, 3.63) is 46.7 Å². The molecule has 0 unspecified atom stereocenters. The van der Waals surface area contributed by atoms with E-state index < -0.39 is 0 Å². The number of aryl methyl sites for hydroxylation is 1. The summed E-state index contributed by atoms with van der Waals surface area (Å²) in [5, 5.41) is 4.84. The Bertz CT molecular complexity index is 539. The van der Waals surface area contributed by atoms with E-state index in [4.69, 9.17) is 22.1 Å². The molecule has 0 bridgehead atoms. The number of benzene rings is 1. The molecule has 0 aliphatic rings. The monoisotopic (exact) mass is 279 g/mol. The molecule has 1 heterocycles. The Morgan fingerprint density at radius 1 is 1.37 bits per heavy atom. The van der Waals surface area contributed by atoms with Gasteiger partial charge in [0.1, 0.15) is 5.75 Å². The van der Waals surface area contributed by atoms with E-state index in [1.807, 2.05) is 37.6 Å². The van der Waals surface area contributed by atoms with Gasteiger partial charge in [0.05, 0.1) is 12.8 Å². The van der Waals surface area contributed by atoms with Gasteiger partial charge in [0, 0.05) is 24.7 Å². The van der Waals surface area contributed by atoms with E-state index in [0.717, 1.165) is 29.7 Å². The third-order valence-electron chi connectivity index (χ3n) is 2.84. The minimum atomic E-state index is 0.583. The van der Waals surface area contributed by atoms with Gasteiger partial charge in [0.2, 0.25) is 0 Å². The quantitative estimate of drug-likeness (QED) is 0.882. The maximum Gasteiger partial charge on any atom is 0.122 e. The van der Waals surface area contributed by atoms with E-state index in [-0.39, 0.29) is 0 Å². The van der Waals surface area contributed by atoms with Gasteiger partial charge in [-0.1, -0.05) is 11.6 Å². The van der Waals surface area contributed by atoms with E-state index >= 15 is 0 Å². The summed E-state index contributed by atoms with van der Waals surface area (Å²) in [6.07, 6.45) is 5.44. The van der Waals surface area contributed by atoms with Gasteiger partial charge >= 0.3 is 0 Å². The minimum Gasteiger partial charge on any atom is -0.493 e. The van der Waals surface area contributed by atoms with Crippen LogP contribution in [0.2, 0.25) is 5.02 Å². The van der Waals surface area contributed by atoms with Crippen LogP contribution in [-0.2, 0) is 19.9 Å².